The number of anilines is 6. The van der Waals surface area contributed by atoms with Gasteiger partial charge in [-0.2, -0.15) is 0 Å². The molecule has 0 radical (unpaired) electrons. The Morgan fingerprint density at radius 2 is 0.515 bits per heavy atom. The number of benzene rings is 16. The van der Waals surface area contributed by atoms with E-state index in [1.165, 1.54) is 32.3 Å². The molecule has 0 aliphatic carbocycles. The number of hydrogen-bond acceptors (Lipinski definition) is 7. The molecule has 23 rings (SSSR count). The number of aromatic nitrogens is 2. The van der Waals surface area contributed by atoms with E-state index in [1.807, 2.05) is 0 Å². The molecule has 0 aliphatic rings. The lowest BCUT2D eigenvalue weighted by molar-refractivity contribution is 0.662. The minimum atomic E-state index is 0.750. The second-order valence-electron chi connectivity index (χ2n) is 26.6. The summed E-state index contributed by atoms with van der Waals surface area (Å²) in [4.78, 5) is 4.70. The van der Waals surface area contributed by atoms with E-state index < -0.39 is 0 Å². The van der Waals surface area contributed by atoms with Crippen molar-refractivity contribution in [2.75, 3.05) is 9.80 Å². The molecule has 9 heteroatoms. The molecule has 0 unspecified atom stereocenters. The standard InChI is InChI=1S/C92H52N4O5/c1-3-19-55(20-4-1)95-75-29-13-11-25-63(75)67-27-15-31-77(91(67)95)93(59-37-41-69-83(47-59)97-79-43-33-53-17-7-9-23-61(53)89(69)79)57-35-39-65-71-49-87-73(51-85(71)99-81(65)45-57)74-52-86-72(50-88(74)101-87)66-40-36-58(46-82(66)100-86)94(60-38-42-70-84(48-60)98-80-44-34-54-18-8-10-24-62(54)90(70)80)78-32-16-28-68-64-26-12-14-30-76(64)96(92(68)78)56-21-5-2-6-22-56/h1-52H. The van der Waals surface area contributed by atoms with E-state index in [0.29, 0.717) is 0 Å². The summed E-state index contributed by atoms with van der Waals surface area (Å²) in [5, 5.41) is 19.5. The van der Waals surface area contributed by atoms with Gasteiger partial charge in [-0.3, -0.25) is 0 Å². The van der Waals surface area contributed by atoms with Crippen LogP contribution in [0.5, 0.6) is 0 Å². The zero-order valence-corrected chi connectivity index (χ0v) is 53.9. The van der Waals surface area contributed by atoms with Gasteiger partial charge in [-0.15, -0.1) is 0 Å². The quantitative estimate of drug-likeness (QED) is 0.150. The Bertz CT molecular complexity index is 7040. The number of nitrogens with zero attached hydrogens (tertiary/aromatic N) is 4. The van der Waals surface area contributed by atoms with Crippen LogP contribution in [0.1, 0.15) is 0 Å². The van der Waals surface area contributed by atoms with Crippen molar-refractivity contribution in [2.45, 2.75) is 0 Å². The number of hydrogen-bond donors (Lipinski definition) is 0. The Labute approximate surface area is 573 Å². The highest BCUT2D eigenvalue weighted by atomic mass is 16.3. The maximum atomic E-state index is 7.07. The van der Waals surface area contributed by atoms with Crippen LogP contribution in [0, 0.1) is 0 Å². The Hall–Kier alpha value is -13.8. The van der Waals surface area contributed by atoms with Gasteiger partial charge in [-0.05, 0) is 155 Å². The Kier molecular flexibility index (Phi) is 11.0. The fraction of sp³-hybridized carbons (Fsp3) is 0. The minimum Gasteiger partial charge on any atom is -0.456 e. The molecule has 0 saturated heterocycles. The smallest absolute Gasteiger partial charge is 0.137 e. The van der Waals surface area contributed by atoms with E-state index in [4.69, 9.17) is 22.1 Å². The molecule has 7 heterocycles. The molecule has 23 aromatic rings. The number of furan rings is 5. The highest BCUT2D eigenvalue weighted by Crippen LogP contribution is 2.51. The third-order valence-corrected chi connectivity index (χ3v) is 21.2. The van der Waals surface area contributed by atoms with Crippen molar-refractivity contribution >= 4 is 209 Å². The predicted octanol–water partition coefficient (Wildman–Crippen LogP) is 26.6. The molecular formula is C92H52N4O5. The summed E-state index contributed by atoms with van der Waals surface area (Å²) in [6.45, 7) is 0. The maximum Gasteiger partial charge on any atom is 0.137 e. The molecule has 0 N–H and O–H groups in total. The molecule has 101 heavy (non-hydrogen) atoms. The van der Waals surface area contributed by atoms with Crippen molar-refractivity contribution in [3.63, 3.8) is 0 Å². The first-order chi connectivity index (χ1) is 50.0. The average Bonchev–Trinajstić information content (AvgIpc) is 1.58. The van der Waals surface area contributed by atoms with Gasteiger partial charge in [0.1, 0.15) is 55.8 Å². The number of fused-ring (bicyclic) bond motifs is 25. The average molecular weight is 1290 g/mol. The third-order valence-electron chi connectivity index (χ3n) is 21.2. The molecule has 16 aromatic carbocycles. The van der Waals surface area contributed by atoms with Crippen molar-refractivity contribution in [3.05, 3.63) is 315 Å². The molecular weight excluding hydrogens is 1240 g/mol. The largest absolute Gasteiger partial charge is 0.456 e. The fourth-order valence-electron chi connectivity index (χ4n) is 16.8. The van der Waals surface area contributed by atoms with Crippen molar-refractivity contribution in [1.29, 1.82) is 0 Å². The molecule has 0 amide bonds. The lowest BCUT2D eigenvalue weighted by Gasteiger charge is -2.27. The summed E-state index contributed by atoms with van der Waals surface area (Å²) in [6.07, 6.45) is 0. The number of para-hydroxylation sites is 6. The van der Waals surface area contributed by atoms with Gasteiger partial charge in [0, 0.05) is 134 Å². The lowest BCUT2D eigenvalue weighted by atomic mass is 10.0. The SMILES string of the molecule is c1ccc(-n2c3ccccc3c3cccc(N(c4ccc5c(c4)oc4cc6c(cc45)oc4cc5c(cc46)oc4cc(N(c6ccc7c(c6)oc6ccc8ccccc8c67)c6cccc7c8ccccc8n(-c8ccccc8)c67)ccc45)c4ccc5c(c4)oc4ccc6ccccc6c45)c32)cc1. The minimum absolute atomic E-state index is 0.750. The molecule has 470 valence electrons. The highest BCUT2D eigenvalue weighted by molar-refractivity contribution is 6.24. The van der Waals surface area contributed by atoms with Gasteiger partial charge in [0.05, 0.1) is 33.4 Å². The van der Waals surface area contributed by atoms with Crippen LogP contribution in [0.25, 0.3) is 186 Å². The molecule has 7 aromatic heterocycles. The molecule has 0 spiro atoms. The number of rotatable bonds is 8. The van der Waals surface area contributed by atoms with Crippen LogP contribution < -0.4 is 9.80 Å². The first-order valence-electron chi connectivity index (χ1n) is 34.2. The van der Waals surface area contributed by atoms with E-state index in [-0.39, 0.29) is 0 Å². The van der Waals surface area contributed by atoms with Crippen molar-refractivity contribution in [3.8, 4) is 11.4 Å². The lowest BCUT2D eigenvalue weighted by Crippen LogP contribution is -2.11. The van der Waals surface area contributed by atoms with Gasteiger partial charge in [0.2, 0.25) is 0 Å². The topological polar surface area (TPSA) is 82.0 Å². The summed E-state index contributed by atoms with van der Waals surface area (Å²) >= 11 is 0. The van der Waals surface area contributed by atoms with E-state index in [2.05, 4.69) is 334 Å². The van der Waals surface area contributed by atoms with Gasteiger partial charge in [0.25, 0.3) is 0 Å². The van der Waals surface area contributed by atoms with Gasteiger partial charge >= 0.3 is 0 Å². The van der Waals surface area contributed by atoms with E-state index in [1.54, 1.807) is 0 Å². The summed E-state index contributed by atoms with van der Waals surface area (Å²) in [6, 6.07) is 112. The Morgan fingerprint density at radius 3 is 0.931 bits per heavy atom. The van der Waals surface area contributed by atoms with Crippen LogP contribution >= 0.6 is 0 Å². The zero-order chi connectivity index (χ0) is 65.7. The second-order valence-corrected chi connectivity index (χ2v) is 26.6. The molecule has 0 saturated carbocycles. The van der Waals surface area contributed by atoms with Crippen molar-refractivity contribution in [1.82, 2.24) is 9.13 Å². The normalized spacial score (nSPS) is 12.4. The summed E-state index contributed by atoms with van der Waals surface area (Å²) in [7, 11) is 0. The molecule has 0 bridgehead atoms. The maximum absolute atomic E-state index is 7.07. The van der Waals surface area contributed by atoms with Crippen LogP contribution in [0.2, 0.25) is 0 Å². The summed E-state index contributed by atoms with van der Waals surface area (Å²) < 4.78 is 39.4. The molecule has 9 nitrogen and oxygen atoms in total. The summed E-state index contributed by atoms with van der Waals surface area (Å²) in [5.74, 6) is 0. The van der Waals surface area contributed by atoms with Gasteiger partial charge in [-0.1, -0.05) is 158 Å². The van der Waals surface area contributed by atoms with Gasteiger partial charge in [0.15, 0.2) is 0 Å². The highest BCUT2D eigenvalue weighted by Gasteiger charge is 2.28. The van der Waals surface area contributed by atoms with E-state index >= 15 is 0 Å². The summed E-state index contributed by atoms with van der Waals surface area (Å²) in [5.41, 5.74) is 20.2. The predicted molar refractivity (Wildman–Crippen MR) is 416 cm³/mol. The molecule has 0 aliphatic heterocycles. The van der Waals surface area contributed by atoms with Crippen molar-refractivity contribution < 1.29 is 22.1 Å². The Balaban J connectivity index is 0.677. The fourth-order valence-corrected chi connectivity index (χ4v) is 16.8. The van der Waals surface area contributed by atoms with Gasteiger partial charge in [-0.25, -0.2) is 0 Å². The van der Waals surface area contributed by atoms with Crippen LogP contribution in [-0.2, 0) is 0 Å². The van der Waals surface area contributed by atoms with E-state index in [9.17, 15) is 0 Å². The zero-order valence-electron chi connectivity index (χ0n) is 53.9. The van der Waals surface area contributed by atoms with Gasteiger partial charge < -0.3 is 41.0 Å². The second kappa shape index (κ2) is 20.4. The Morgan fingerprint density at radius 1 is 0.198 bits per heavy atom. The monoisotopic (exact) mass is 1290 g/mol. The molecule has 0 atom stereocenters. The first-order valence-corrected chi connectivity index (χ1v) is 34.2. The first kappa shape index (κ1) is 54.4. The molecule has 0 fully saturated rings. The van der Waals surface area contributed by atoms with Crippen molar-refractivity contribution in [2.24, 2.45) is 0 Å². The van der Waals surface area contributed by atoms with Crippen LogP contribution in [0.15, 0.2) is 338 Å². The van der Waals surface area contributed by atoms with E-state index in [0.717, 1.165) is 188 Å². The van der Waals surface area contributed by atoms with Crippen LogP contribution in [0.4, 0.5) is 34.1 Å². The van der Waals surface area contributed by atoms with Crippen LogP contribution in [-0.4, -0.2) is 9.13 Å². The third kappa shape index (κ3) is 7.79. The van der Waals surface area contributed by atoms with Crippen LogP contribution in [0.3, 0.4) is 0 Å².